The number of amides is 1. The molecule has 2 aliphatic rings. The van der Waals surface area contributed by atoms with Crippen molar-refractivity contribution >= 4 is 6.09 Å². The van der Waals surface area contributed by atoms with Gasteiger partial charge in [-0.3, -0.25) is 0 Å². The predicted octanol–water partition coefficient (Wildman–Crippen LogP) is 2.17. The van der Waals surface area contributed by atoms with Crippen LogP contribution < -0.4 is 0 Å². The second-order valence-corrected chi connectivity index (χ2v) is 5.77. The molecule has 1 amide bonds. The van der Waals surface area contributed by atoms with Gasteiger partial charge < -0.3 is 14.4 Å². The molecule has 2 unspecified atom stereocenters. The first-order chi connectivity index (χ1) is 7.37. The molecule has 0 aromatic rings. The molecular weight excluding hydrogens is 206 g/mol. The first-order valence-corrected chi connectivity index (χ1v) is 6.02. The third-order valence-corrected chi connectivity index (χ3v) is 3.09. The van der Waals surface area contributed by atoms with Crippen molar-refractivity contribution < 1.29 is 14.3 Å². The fourth-order valence-corrected chi connectivity index (χ4v) is 2.10. The number of hydrogen-bond acceptors (Lipinski definition) is 3. The Bertz CT molecular complexity index is 284. The topological polar surface area (TPSA) is 42.1 Å². The van der Waals surface area contributed by atoms with E-state index in [1.54, 1.807) is 0 Å². The first-order valence-electron chi connectivity index (χ1n) is 6.02. The van der Waals surface area contributed by atoms with E-state index >= 15 is 0 Å². The van der Waals surface area contributed by atoms with E-state index in [0.717, 1.165) is 12.8 Å². The SMILES string of the molecule is CC1CC[C@H]2OC2CN1C(=O)OC(C)(C)C. The van der Waals surface area contributed by atoms with Crippen LogP contribution in [0.4, 0.5) is 4.79 Å². The first kappa shape index (κ1) is 11.7. The number of fused-ring (bicyclic) bond motifs is 1. The van der Waals surface area contributed by atoms with Crippen LogP contribution in [0.1, 0.15) is 40.5 Å². The van der Waals surface area contributed by atoms with Crippen molar-refractivity contribution in [1.82, 2.24) is 4.90 Å². The van der Waals surface area contributed by atoms with Crippen LogP contribution in [-0.2, 0) is 9.47 Å². The summed E-state index contributed by atoms with van der Waals surface area (Å²) in [5.74, 6) is 0. The van der Waals surface area contributed by atoms with Crippen LogP contribution in [0, 0.1) is 0 Å². The van der Waals surface area contributed by atoms with Crippen molar-refractivity contribution in [2.75, 3.05) is 6.54 Å². The number of rotatable bonds is 0. The molecule has 2 fully saturated rings. The monoisotopic (exact) mass is 227 g/mol. The van der Waals surface area contributed by atoms with Crippen molar-refractivity contribution in [3.63, 3.8) is 0 Å². The molecule has 0 saturated carbocycles. The Kier molecular flexibility index (Phi) is 2.86. The highest BCUT2D eigenvalue weighted by atomic mass is 16.6. The molecule has 0 aromatic heterocycles. The molecule has 2 aliphatic heterocycles. The van der Waals surface area contributed by atoms with Crippen LogP contribution in [0.5, 0.6) is 0 Å². The lowest BCUT2D eigenvalue weighted by Crippen LogP contribution is -2.43. The van der Waals surface area contributed by atoms with Gasteiger partial charge in [-0.1, -0.05) is 0 Å². The molecule has 4 heteroatoms. The summed E-state index contributed by atoms with van der Waals surface area (Å²) in [5, 5.41) is 0. The van der Waals surface area contributed by atoms with Gasteiger partial charge in [0.2, 0.25) is 0 Å². The quantitative estimate of drug-likeness (QED) is 0.596. The molecule has 2 saturated heterocycles. The van der Waals surface area contributed by atoms with Gasteiger partial charge in [0, 0.05) is 6.04 Å². The van der Waals surface area contributed by atoms with Crippen molar-refractivity contribution in [2.24, 2.45) is 0 Å². The number of nitrogens with zero attached hydrogens (tertiary/aromatic N) is 1. The summed E-state index contributed by atoms with van der Waals surface area (Å²) >= 11 is 0. The molecule has 0 aromatic carbocycles. The van der Waals surface area contributed by atoms with E-state index in [1.807, 2.05) is 25.7 Å². The number of likely N-dealkylation sites (tertiary alicyclic amines) is 1. The molecule has 0 bridgehead atoms. The zero-order valence-corrected chi connectivity index (χ0v) is 10.5. The van der Waals surface area contributed by atoms with E-state index in [0.29, 0.717) is 12.6 Å². The molecule has 4 nitrogen and oxygen atoms in total. The Labute approximate surface area is 96.9 Å². The maximum atomic E-state index is 12.0. The molecule has 16 heavy (non-hydrogen) atoms. The molecule has 0 N–H and O–H groups in total. The number of carbonyl (C=O) groups excluding carboxylic acids is 1. The molecular formula is C12H21NO3. The molecule has 2 rings (SSSR count). The normalized spacial score (nSPS) is 34.0. The average molecular weight is 227 g/mol. The van der Waals surface area contributed by atoms with Gasteiger partial charge in [0.15, 0.2) is 0 Å². The maximum absolute atomic E-state index is 12.0. The number of carbonyl (C=O) groups is 1. The van der Waals surface area contributed by atoms with Crippen LogP contribution >= 0.6 is 0 Å². The van der Waals surface area contributed by atoms with Crippen molar-refractivity contribution in [1.29, 1.82) is 0 Å². The van der Waals surface area contributed by atoms with Gasteiger partial charge in [-0.25, -0.2) is 4.79 Å². The van der Waals surface area contributed by atoms with E-state index in [1.165, 1.54) is 0 Å². The Balaban J connectivity index is 1.97. The predicted molar refractivity (Wildman–Crippen MR) is 60.3 cm³/mol. The lowest BCUT2D eigenvalue weighted by atomic mass is 10.1. The molecule has 3 atom stereocenters. The van der Waals surface area contributed by atoms with Crippen LogP contribution in [0.2, 0.25) is 0 Å². The Morgan fingerprint density at radius 3 is 2.62 bits per heavy atom. The summed E-state index contributed by atoms with van der Waals surface area (Å²) in [6, 6.07) is 0.256. The average Bonchev–Trinajstić information content (AvgIpc) is 2.84. The van der Waals surface area contributed by atoms with E-state index in [-0.39, 0.29) is 18.2 Å². The second-order valence-electron chi connectivity index (χ2n) is 5.77. The maximum Gasteiger partial charge on any atom is 0.410 e. The van der Waals surface area contributed by atoms with Crippen molar-refractivity contribution in [2.45, 2.75) is 64.4 Å². The minimum Gasteiger partial charge on any atom is -0.444 e. The summed E-state index contributed by atoms with van der Waals surface area (Å²) in [6.45, 7) is 8.44. The smallest absolute Gasteiger partial charge is 0.410 e. The van der Waals surface area contributed by atoms with E-state index in [9.17, 15) is 4.79 Å². The highest BCUT2D eigenvalue weighted by molar-refractivity contribution is 5.68. The molecule has 0 aliphatic carbocycles. The largest absolute Gasteiger partial charge is 0.444 e. The minimum absolute atomic E-state index is 0.212. The third-order valence-electron chi connectivity index (χ3n) is 3.09. The van der Waals surface area contributed by atoms with Crippen LogP contribution in [0.25, 0.3) is 0 Å². The van der Waals surface area contributed by atoms with E-state index in [2.05, 4.69) is 6.92 Å². The fraction of sp³-hybridized carbons (Fsp3) is 0.917. The van der Waals surface area contributed by atoms with Gasteiger partial charge in [-0.2, -0.15) is 0 Å². The Hall–Kier alpha value is -0.770. The van der Waals surface area contributed by atoms with Crippen LogP contribution in [0.15, 0.2) is 0 Å². The molecule has 92 valence electrons. The number of epoxide rings is 1. The standard InChI is InChI=1S/C12H21NO3/c1-8-5-6-9-10(15-9)7-13(8)11(14)16-12(2,3)4/h8-10H,5-7H2,1-4H3/t8?,9-,10?/m1/s1. The highest BCUT2D eigenvalue weighted by Crippen LogP contribution is 2.33. The summed E-state index contributed by atoms with van der Waals surface area (Å²) in [4.78, 5) is 13.8. The minimum atomic E-state index is -0.424. The second kappa shape index (κ2) is 3.91. The van der Waals surface area contributed by atoms with E-state index in [4.69, 9.17) is 9.47 Å². The number of hydrogen-bond donors (Lipinski definition) is 0. The summed E-state index contributed by atoms with van der Waals surface area (Å²) < 4.78 is 10.9. The van der Waals surface area contributed by atoms with Crippen molar-refractivity contribution in [3.8, 4) is 0 Å². The fourth-order valence-electron chi connectivity index (χ4n) is 2.10. The Morgan fingerprint density at radius 1 is 1.31 bits per heavy atom. The van der Waals surface area contributed by atoms with Gasteiger partial charge in [0.1, 0.15) is 11.7 Å². The van der Waals surface area contributed by atoms with Gasteiger partial charge >= 0.3 is 6.09 Å². The highest BCUT2D eigenvalue weighted by Gasteiger charge is 2.45. The molecule has 0 spiro atoms. The lowest BCUT2D eigenvalue weighted by Gasteiger charge is -2.30. The third kappa shape index (κ3) is 2.67. The zero-order valence-electron chi connectivity index (χ0n) is 10.5. The Morgan fingerprint density at radius 2 is 2.00 bits per heavy atom. The summed E-state index contributed by atoms with van der Waals surface area (Å²) in [5.41, 5.74) is -0.424. The van der Waals surface area contributed by atoms with Gasteiger partial charge in [0.05, 0.1) is 12.6 Å². The van der Waals surface area contributed by atoms with Gasteiger partial charge in [-0.05, 0) is 40.5 Å². The van der Waals surface area contributed by atoms with Crippen molar-refractivity contribution in [3.05, 3.63) is 0 Å². The molecule has 2 heterocycles. The van der Waals surface area contributed by atoms with Gasteiger partial charge in [0.25, 0.3) is 0 Å². The summed E-state index contributed by atoms with van der Waals surface area (Å²) in [6.07, 6.45) is 2.48. The van der Waals surface area contributed by atoms with Crippen LogP contribution in [-0.4, -0.2) is 41.4 Å². The summed E-state index contributed by atoms with van der Waals surface area (Å²) in [7, 11) is 0. The zero-order chi connectivity index (χ0) is 11.9. The molecule has 0 radical (unpaired) electrons. The number of ether oxygens (including phenoxy) is 2. The van der Waals surface area contributed by atoms with E-state index < -0.39 is 5.60 Å². The van der Waals surface area contributed by atoms with Gasteiger partial charge in [-0.15, -0.1) is 0 Å². The lowest BCUT2D eigenvalue weighted by molar-refractivity contribution is 0.0152. The van der Waals surface area contributed by atoms with Crippen LogP contribution in [0.3, 0.4) is 0 Å².